The first-order valence-corrected chi connectivity index (χ1v) is 9.73. The molecule has 2 aromatic carbocycles. The van der Waals surface area contributed by atoms with Gasteiger partial charge in [-0.2, -0.15) is 0 Å². The molecule has 146 valence electrons. The van der Waals surface area contributed by atoms with Crippen LogP contribution < -0.4 is 4.90 Å². The van der Waals surface area contributed by atoms with Crippen molar-refractivity contribution in [2.24, 2.45) is 0 Å². The first kappa shape index (κ1) is 19.8. The summed E-state index contributed by atoms with van der Waals surface area (Å²) in [6.45, 7) is 8.18. The lowest BCUT2D eigenvalue weighted by Gasteiger charge is -2.29. The number of aromatic nitrogens is 2. The Morgan fingerprint density at radius 2 is 1.82 bits per heavy atom. The van der Waals surface area contributed by atoms with Gasteiger partial charge in [-0.05, 0) is 63.4 Å². The van der Waals surface area contributed by atoms with Crippen molar-refractivity contribution >= 4 is 11.6 Å². The summed E-state index contributed by atoms with van der Waals surface area (Å²) in [5, 5.41) is 8.22. The van der Waals surface area contributed by atoms with Crippen LogP contribution >= 0.6 is 0 Å². The van der Waals surface area contributed by atoms with Crippen LogP contribution in [0.3, 0.4) is 0 Å². The van der Waals surface area contributed by atoms with E-state index < -0.39 is 0 Å². The molecule has 0 saturated carbocycles. The Hall–Kier alpha value is -2.95. The molecular weight excluding hydrogens is 350 g/mol. The third-order valence-corrected chi connectivity index (χ3v) is 4.68. The molecule has 0 radical (unpaired) electrons. The Morgan fingerprint density at radius 3 is 2.54 bits per heavy atom. The third kappa shape index (κ3) is 4.66. The maximum absolute atomic E-state index is 12.9. The number of rotatable bonds is 7. The number of carbonyl (C=O) groups excluding carboxylic acids is 1. The number of amides is 1. The molecule has 3 aromatic rings. The smallest absolute Gasteiger partial charge is 0.247 e. The van der Waals surface area contributed by atoms with Crippen molar-refractivity contribution < 1.29 is 9.21 Å². The summed E-state index contributed by atoms with van der Waals surface area (Å²) in [4.78, 5) is 14.8. The molecule has 1 amide bonds. The van der Waals surface area contributed by atoms with Crippen molar-refractivity contribution in [3.63, 3.8) is 0 Å². The van der Waals surface area contributed by atoms with Crippen molar-refractivity contribution in [1.82, 2.24) is 10.2 Å². The normalized spacial score (nSPS) is 11.0. The Bertz CT molecular complexity index is 932. The number of carbonyl (C=O) groups is 1. The molecule has 28 heavy (non-hydrogen) atoms. The molecule has 0 aliphatic heterocycles. The number of aryl methyl sites for hydroxylation is 3. The molecule has 0 N–H and O–H groups in total. The van der Waals surface area contributed by atoms with Crippen LogP contribution in [0, 0.1) is 13.8 Å². The summed E-state index contributed by atoms with van der Waals surface area (Å²) >= 11 is 0. The second-order valence-corrected chi connectivity index (χ2v) is 7.37. The fraction of sp³-hybridized carbons (Fsp3) is 0.348. The zero-order valence-electron chi connectivity index (χ0n) is 17.0. The van der Waals surface area contributed by atoms with Gasteiger partial charge < -0.3 is 9.32 Å². The van der Waals surface area contributed by atoms with Crippen LogP contribution in [0.2, 0.25) is 0 Å². The molecule has 0 unspecified atom stereocenters. The largest absolute Gasteiger partial charge is 0.421 e. The summed E-state index contributed by atoms with van der Waals surface area (Å²) < 4.78 is 5.73. The van der Waals surface area contributed by atoms with Gasteiger partial charge in [-0.15, -0.1) is 10.2 Å². The molecule has 5 nitrogen and oxygen atoms in total. The molecule has 5 heteroatoms. The lowest BCUT2D eigenvalue weighted by Crippen LogP contribution is -2.37. The maximum atomic E-state index is 12.9. The highest BCUT2D eigenvalue weighted by Gasteiger charge is 2.21. The third-order valence-electron chi connectivity index (χ3n) is 4.68. The number of anilines is 1. The molecular formula is C23H27N3O2. The molecule has 3 rings (SSSR count). The molecule has 0 atom stereocenters. The van der Waals surface area contributed by atoms with E-state index in [0.29, 0.717) is 31.0 Å². The molecule has 1 heterocycles. The standard InChI is InChI=1S/C23H27N3O2/c1-16(2)26(20-15-17(3)13-14-18(20)4)22(27)12-8-11-21-24-25-23(28-21)19-9-6-5-7-10-19/h5-7,9-10,13-16H,8,11-12H2,1-4H3. The zero-order valence-corrected chi connectivity index (χ0v) is 17.0. The molecule has 0 saturated heterocycles. The lowest BCUT2D eigenvalue weighted by molar-refractivity contribution is -0.119. The number of nitrogens with zero attached hydrogens (tertiary/aromatic N) is 3. The molecule has 0 aliphatic rings. The fourth-order valence-electron chi connectivity index (χ4n) is 3.24. The van der Waals surface area contributed by atoms with Crippen molar-refractivity contribution in [2.45, 2.75) is 53.0 Å². The Kier molecular flexibility index (Phi) is 6.24. The predicted octanol–water partition coefficient (Wildman–Crippen LogP) is 5.12. The summed E-state index contributed by atoms with van der Waals surface area (Å²) in [6.07, 6.45) is 1.70. The van der Waals surface area contributed by atoms with Crippen LogP contribution in [0.15, 0.2) is 52.9 Å². The van der Waals surface area contributed by atoms with E-state index in [2.05, 4.69) is 28.4 Å². The van der Waals surface area contributed by atoms with E-state index >= 15 is 0 Å². The minimum atomic E-state index is 0.0982. The van der Waals surface area contributed by atoms with E-state index in [4.69, 9.17) is 4.42 Å². The van der Waals surface area contributed by atoms with E-state index in [0.717, 1.165) is 22.4 Å². The van der Waals surface area contributed by atoms with Gasteiger partial charge in [0, 0.05) is 30.1 Å². The van der Waals surface area contributed by atoms with Crippen molar-refractivity contribution in [2.75, 3.05) is 4.90 Å². The van der Waals surface area contributed by atoms with Gasteiger partial charge in [0.25, 0.3) is 0 Å². The summed E-state index contributed by atoms with van der Waals surface area (Å²) in [5.41, 5.74) is 4.15. The average Bonchev–Trinajstić information content (AvgIpc) is 3.14. The molecule has 0 aliphatic carbocycles. The highest BCUT2D eigenvalue weighted by atomic mass is 16.4. The van der Waals surface area contributed by atoms with Gasteiger partial charge in [0.1, 0.15) is 0 Å². The van der Waals surface area contributed by atoms with E-state index in [1.807, 2.05) is 62.9 Å². The quantitative estimate of drug-likeness (QED) is 0.573. The highest BCUT2D eigenvalue weighted by molar-refractivity contribution is 5.94. The van der Waals surface area contributed by atoms with Gasteiger partial charge in [-0.25, -0.2) is 0 Å². The first-order valence-electron chi connectivity index (χ1n) is 9.73. The predicted molar refractivity (Wildman–Crippen MR) is 111 cm³/mol. The van der Waals surface area contributed by atoms with Gasteiger partial charge in [0.2, 0.25) is 17.7 Å². The zero-order chi connectivity index (χ0) is 20.1. The number of hydrogen-bond acceptors (Lipinski definition) is 4. The van der Waals surface area contributed by atoms with Crippen LogP contribution in [0.5, 0.6) is 0 Å². The Balaban J connectivity index is 1.63. The second-order valence-electron chi connectivity index (χ2n) is 7.37. The number of benzene rings is 2. The van der Waals surface area contributed by atoms with Crippen LogP contribution in [-0.4, -0.2) is 22.1 Å². The minimum absolute atomic E-state index is 0.0982. The van der Waals surface area contributed by atoms with Crippen LogP contribution in [0.25, 0.3) is 11.5 Å². The van der Waals surface area contributed by atoms with Crippen molar-refractivity contribution in [3.8, 4) is 11.5 Å². The maximum Gasteiger partial charge on any atom is 0.247 e. The van der Waals surface area contributed by atoms with Crippen LogP contribution in [0.4, 0.5) is 5.69 Å². The fourth-order valence-corrected chi connectivity index (χ4v) is 3.24. The second kappa shape index (κ2) is 8.83. The monoisotopic (exact) mass is 377 g/mol. The van der Waals surface area contributed by atoms with Gasteiger partial charge in [-0.3, -0.25) is 4.79 Å². The van der Waals surface area contributed by atoms with E-state index in [9.17, 15) is 4.79 Å². The highest BCUT2D eigenvalue weighted by Crippen LogP contribution is 2.25. The molecule has 1 aromatic heterocycles. The van der Waals surface area contributed by atoms with E-state index in [1.165, 1.54) is 0 Å². The Labute approximate surface area is 166 Å². The molecule has 0 fully saturated rings. The topological polar surface area (TPSA) is 59.2 Å². The van der Waals surface area contributed by atoms with Crippen LogP contribution in [-0.2, 0) is 11.2 Å². The number of hydrogen-bond donors (Lipinski definition) is 0. The summed E-state index contributed by atoms with van der Waals surface area (Å²) in [7, 11) is 0. The molecule has 0 spiro atoms. The van der Waals surface area contributed by atoms with Gasteiger partial charge in [0.05, 0.1) is 0 Å². The van der Waals surface area contributed by atoms with Crippen molar-refractivity contribution in [1.29, 1.82) is 0 Å². The average molecular weight is 377 g/mol. The van der Waals surface area contributed by atoms with E-state index in [1.54, 1.807) is 0 Å². The van der Waals surface area contributed by atoms with E-state index in [-0.39, 0.29) is 11.9 Å². The minimum Gasteiger partial charge on any atom is -0.421 e. The SMILES string of the molecule is Cc1ccc(C)c(N(C(=O)CCCc2nnc(-c3ccccc3)o2)C(C)C)c1. The van der Waals surface area contributed by atoms with Gasteiger partial charge in [0.15, 0.2) is 0 Å². The van der Waals surface area contributed by atoms with Gasteiger partial charge in [-0.1, -0.05) is 30.3 Å². The lowest BCUT2D eigenvalue weighted by atomic mass is 10.1. The first-order chi connectivity index (χ1) is 13.5. The van der Waals surface area contributed by atoms with Gasteiger partial charge >= 0.3 is 0 Å². The molecule has 0 bridgehead atoms. The summed E-state index contributed by atoms with van der Waals surface area (Å²) in [6, 6.07) is 16.0. The van der Waals surface area contributed by atoms with Crippen LogP contribution in [0.1, 0.15) is 43.7 Å². The van der Waals surface area contributed by atoms with Crippen molar-refractivity contribution in [3.05, 3.63) is 65.5 Å². The summed E-state index contributed by atoms with van der Waals surface area (Å²) in [5.74, 6) is 1.20. The Morgan fingerprint density at radius 1 is 1.07 bits per heavy atom.